The molecular weight excluding hydrogens is 601 g/mol. The van der Waals surface area contributed by atoms with Crippen LogP contribution in [0.15, 0.2) is 162 Å². The Bertz CT molecular complexity index is 3100. The average molecular weight is 627 g/mol. The molecule has 0 saturated carbocycles. The summed E-state index contributed by atoms with van der Waals surface area (Å²) in [5.74, 6) is 0.839. The molecule has 0 N–H and O–H groups in total. The zero-order valence-corrected chi connectivity index (χ0v) is 26.2. The highest BCUT2D eigenvalue weighted by Crippen LogP contribution is 2.49. The van der Waals surface area contributed by atoms with Gasteiger partial charge in [0.2, 0.25) is 0 Å². The largest absolute Gasteiger partial charge is 0.455 e. The van der Waals surface area contributed by atoms with Crippen molar-refractivity contribution in [3.05, 3.63) is 158 Å². The third kappa shape index (κ3) is 3.64. The van der Waals surface area contributed by atoms with Gasteiger partial charge in [0.05, 0.1) is 44.2 Å². The Morgan fingerprint density at radius 3 is 1.82 bits per heavy atom. The summed E-state index contributed by atoms with van der Waals surface area (Å²) in [6.45, 7) is 0. The SMILES string of the molecule is c1ccc(-c2ccc3nc(-n4c5ccccc5c5c6c7ccccc7oc6c6c7ccccc7n(-c7ccccc7)c6c54)ccc3n2)cc1. The monoisotopic (exact) mass is 626 g/mol. The van der Waals surface area contributed by atoms with Crippen LogP contribution < -0.4 is 0 Å². The van der Waals surface area contributed by atoms with E-state index in [-0.39, 0.29) is 0 Å². The minimum absolute atomic E-state index is 0.839. The standard InChI is InChI=1S/C44H26N4O/c1-3-13-27(14-4-1)32-23-24-34-33(45-32)25-26-38(46-34)48-36-21-11-7-17-29(36)39-40-31-19-9-12-22-37(31)49-44(40)41-30-18-8-10-20-35(30)47(43(41)42(39)48)28-15-5-2-6-16-28/h1-26H. The lowest BCUT2D eigenvalue weighted by Gasteiger charge is -2.13. The van der Waals surface area contributed by atoms with Gasteiger partial charge in [0.1, 0.15) is 17.0 Å². The highest BCUT2D eigenvalue weighted by Gasteiger charge is 2.27. The fourth-order valence-electron chi connectivity index (χ4n) is 7.86. The summed E-state index contributed by atoms with van der Waals surface area (Å²) >= 11 is 0. The summed E-state index contributed by atoms with van der Waals surface area (Å²) in [4.78, 5) is 10.3. The lowest BCUT2D eigenvalue weighted by atomic mass is 10.0. The second-order valence-corrected chi connectivity index (χ2v) is 12.6. The van der Waals surface area contributed by atoms with Crippen LogP contribution in [-0.4, -0.2) is 19.1 Å². The normalized spacial score (nSPS) is 12.1. The van der Waals surface area contributed by atoms with E-state index in [0.29, 0.717) is 0 Å². The molecule has 0 atom stereocenters. The molecule has 0 radical (unpaired) electrons. The van der Waals surface area contributed by atoms with E-state index in [4.69, 9.17) is 14.4 Å². The number of nitrogens with zero attached hydrogens (tertiary/aromatic N) is 4. The van der Waals surface area contributed by atoms with Crippen molar-refractivity contribution in [3.8, 4) is 22.8 Å². The molecule has 0 saturated heterocycles. The molecule has 11 rings (SSSR count). The number of hydrogen-bond acceptors (Lipinski definition) is 3. The maximum atomic E-state index is 6.85. The molecular formula is C44H26N4O. The van der Waals surface area contributed by atoms with Crippen LogP contribution in [0, 0.1) is 0 Å². The van der Waals surface area contributed by atoms with Gasteiger partial charge in [-0.1, -0.05) is 103 Å². The number of hydrogen-bond donors (Lipinski definition) is 0. The lowest BCUT2D eigenvalue weighted by molar-refractivity contribution is 0.673. The summed E-state index contributed by atoms with van der Waals surface area (Å²) < 4.78 is 11.6. The second-order valence-electron chi connectivity index (χ2n) is 12.6. The summed E-state index contributed by atoms with van der Waals surface area (Å²) in [5, 5.41) is 6.78. The molecule has 5 nitrogen and oxygen atoms in total. The van der Waals surface area contributed by atoms with Crippen LogP contribution in [0.2, 0.25) is 0 Å². The number of benzene rings is 6. The Labute approximate surface area is 279 Å². The number of fused-ring (bicyclic) bond motifs is 13. The van der Waals surface area contributed by atoms with E-state index in [0.717, 1.165) is 99.3 Å². The van der Waals surface area contributed by atoms with Crippen molar-refractivity contribution in [1.82, 2.24) is 19.1 Å². The molecule has 0 spiro atoms. The predicted molar refractivity (Wildman–Crippen MR) is 201 cm³/mol. The predicted octanol–water partition coefficient (Wildman–Crippen LogP) is 11.4. The number of rotatable bonds is 3. The maximum Gasteiger partial charge on any atom is 0.146 e. The van der Waals surface area contributed by atoms with Crippen molar-refractivity contribution in [2.75, 3.05) is 0 Å². The molecule has 0 aliphatic heterocycles. The Hall–Kier alpha value is -6.72. The van der Waals surface area contributed by atoms with E-state index in [1.165, 1.54) is 0 Å². The molecule has 0 aliphatic carbocycles. The van der Waals surface area contributed by atoms with Gasteiger partial charge in [-0.3, -0.25) is 4.57 Å². The minimum Gasteiger partial charge on any atom is -0.455 e. The van der Waals surface area contributed by atoms with Gasteiger partial charge in [-0.25, -0.2) is 9.97 Å². The Morgan fingerprint density at radius 2 is 1.02 bits per heavy atom. The van der Waals surface area contributed by atoms with Gasteiger partial charge in [0.25, 0.3) is 0 Å². The topological polar surface area (TPSA) is 48.8 Å². The Morgan fingerprint density at radius 1 is 0.429 bits per heavy atom. The van der Waals surface area contributed by atoms with Crippen molar-refractivity contribution in [3.63, 3.8) is 0 Å². The molecule has 0 amide bonds. The Balaban J connectivity index is 1.35. The molecule has 5 aromatic heterocycles. The molecule has 0 aliphatic rings. The van der Waals surface area contributed by atoms with Gasteiger partial charge < -0.3 is 8.98 Å². The first-order valence-electron chi connectivity index (χ1n) is 16.5. The smallest absolute Gasteiger partial charge is 0.146 e. The quantitative estimate of drug-likeness (QED) is 0.196. The second kappa shape index (κ2) is 9.89. The summed E-state index contributed by atoms with van der Waals surface area (Å²) in [6.07, 6.45) is 0. The molecule has 0 bridgehead atoms. The van der Waals surface area contributed by atoms with E-state index >= 15 is 0 Å². The van der Waals surface area contributed by atoms with Crippen molar-refractivity contribution in [2.45, 2.75) is 0 Å². The molecule has 6 aromatic carbocycles. The minimum atomic E-state index is 0.839. The molecule has 5 heterocycles. The first-order valence-corrected chi connectivity index (χ1v) is 16.5. The van der Waals surface area contributed by atoms with Crippen molar-refractivity contribution >= 4 is 76.6 Å². The highest BCUT2D eigenvalue weighted by molar-refractivity contribution is 6.39. The zero-order chi connectivity index (χ0) is 32.1. The van der Waals surface area contributed by atoms with Crippen molar-refractivity contribution in [2.24, 2.45) is 0 Å². The molecule has 0 unspecified atom stereocenters. The summed E-state index contributed by atoms with van der Waals surface area (Å²) in [6, 6.07) is 55.0. The van der Waals surface area contributed by atoms with Gasteiger partial charge in [-0.2, -0.15) is 0 Å². The fraction of sp³-hybridized carbons (Fsp3) is 0. The molecule has 11 aromatic rings. The van der Waals surface area contributed by atoms with Gasteiger partial charge in [0, 0.05) is 38.2 Å². The average Bonchev–Trinajstić information content (AvgIpc) is 3.83. The lowest BCUT2D eigenvalue weighted by Crippen LogP contribution is -2.01. The number of pyridine rings is 2. The Kier molecular flexibility index (Phi) is 5.32. The first-order chi connectivity index (χ1) is 24.3. The van der Waals surface area contributed by atoms with Crippen molar-refractivity contribution in [1.29, 1.82) is 0 Å². The summed E-state index contributed by atoms with van der Waals surface area (Å²) in [7, 11) is 0. The van der Waals surface area contributed by atoms with E-state index < -0.39 is 0 Å². The number of aromatic nitrogens is 4. The van der Waals surface area contributed by atoms with Gasteiger partial charge >= 0.3 is 0 Å². The molecule has 0 fully saturated rings. The van der Waals surface area contributed by atoms with E-state index in [1.807, 2.05) is 24.3 Å². The third-order valence-electron chi connectivity index (χ3n) is 9.89. The zero-order valence-electron chi connectivity index (χ0n) is 26.2. The van der Waals surface area contributed by atoms with Crippen LogP contribution in [-0.2, 0) is 0 Å². The van der Waals surface area contributed by atoms with Crippen LogP contribution in [0.4, 0.5) is 0 Å². The van der Waals surface area contributed by atoms with Crippen LogP contribution in [0.5, 0.6) is 0 Å². The third-order valence-corrected chi connectivity index (χ3v) is 9.89. The van der Waals surface area contributed by atoms with Crippen LogP contribution in [0.3, 0.4) is 0 Å². The van der Waals surface area contributed by atoms with Gasteiger partial charge in [-0.05, 0) is 54.6 Å². The van der Waals surface area contributed by atoms with Crippen LogP contribution in [0.1, 0.15) is 0 Å². The first kappa shape index (κ1) is 26.4. The van der Waals surface area contributed by atoms with E-state index in [2.05, 4.69) is 143 Å². The van der Waals surface area contributed by atoms with E-state index in [1.54, 1.807) is 0 Å². The maximum absolute atomic E-state index is 6.85. The van der Waals surface area contributed by atoms with Crippen molar-refractivity contribution < 1.29 is 4.42 Å². The highest BCUT2D eigenvalue weighted by atomic mass is 16.3. The molecule has 49 heavy (non-hydrogen) atoms. The molecule has 5 heteroatoms. The summed E-state index contributed by atoms with van der Waals surface area (Å²) in [5.41, 5.74) is 11.0. The fourth-order valence-corrected chi connectivity index (χ4v) is 7.86. The number of para-hydroxylation sites is 4. The van der Waals surface area contributed by atoms with Crippen LogP contribution >= 0.6 is 0 Å². The van der Waals surface area contributed by atoms with Gasteiger partial charge in [-0.15, -0.1) is 0 Å². The van der Waals surface area contributed by atoms with Crippen LogP contribution in [0.25, 0.3) is 99.3 Å². The number of furan rings is 1. The van der Waals surface area contributed by atoms with E-state index in [9.17, 15) is 0 Å². The molecule has 228 valence electrons. The van der Waals surface area contributed by atoms with Gasteiger partial charge in [0.15, 0.2) is 0 Å².